The third-order valence-corrected chi connectivity index (χ3v) is 3.19. The van der Waals surface area contributed by atoms with E-state index in [0.717, 1.165) is 29.4 Å². The summed E-state index contributed by atoms with van der Waals surface area (Å²) in [6.07, 6.45) is 1.08. The molecule has 0 spiro atoms. The number of rotatable bonds is 3. The molecule has 2 aromatic heterocycles. The molecular weight excluding hydrogens is 228 g/mol. The first-order chi connectivity index (χ1) is 7.20. The maximum absolute atomic E-state index is 4.99. The fourth-order valence-corrected chi connectivity index (χ4v) is 2.24. The zero-order valence-corrected chi connectivity index (χ0v) is 10.3. The lowest BCUT2D eigenvalue weighted by molar-refractivity contribution is 0.588. The molecule has 0 radical (unpaired) electrons. The predicted octanol–water partition coefficient (Wildman–Crippen LogP) is 2.78. The molecule has 0 bridgehead atoms. The molecule has 0 aliphatic heterocycles. The van der Waals surface area contributed by atoms with Gasteiger partial charge in [-0.05, 0) is 31.6 Å². The summed E-state index contributed by atoms with van der Waals surface area (Å²) in [4.78, 5) is 0. The number of aromatic amines is 1. The summed E-state index contributed by atoms with van der Waals surface area (Å²) in [7, 11) is 0. The van der Waals surface area contributed by atoms with Gasteiger partial charge in [0.25, 0.3) is 0 Å². The van der Waals surface area contributed by atoms with Gasteiger partial charge in [-0.1, -0.05) is 18.3 Å². The molecule has 0 aromatic carbocycles. The van der Waals surface area contributed by atoms with Crippen molar-refractivity contribution in [2.45, 2.75) is 26.8 Å². The molecule has 1 N–H and O–H groups in total. The van der Waals surface area contributed by atoms with Gasteiger partial charge in [0.1, 0.15) is 5.69 Å². The number of nitrogens with zero attached hydrogens (tertiary/aromatic N) is 3. The second kappa shape index (κ2) is 4.24. The largest absolute Gasteiger partial charge is 0.269 e. The maximum Gasteiger partial charge on any atom is 0.176 e. The van der Waals surface area contributed by atoms with Crippen LogP contribution in [0, 0.1) is 10.9 Å². The number of aromatic nitrogens is 4. The van der Waals surface area contributed by atoms with E-state index in [2.05, 4.69) is 29.1 Å². The quantitative estimate of drug-likeness (QED) is 0.839. The van der Waals surface area contributed by atoms with E-state index in [1.54, 1.807) is 0 Å². The van der Waals surface area contributed by atoms with Gasteiger partial charge in [0.2, 0.25) is 0 Å². The second-order valence-corrected chi connectivity index (χ2v) is 4.98. The lowest BCUT2D eigenvalue weighted by Crippen LogP contribution is -2.00. The van der Waals surface area contributed by atoms with E-state index < -0.39 is 0 Å². The Hall–Kier alpha value is -1.01. The van der Waals surface area contributed by atoms with Crippen molar-refractivity contribution in [2.75, 3.05) is 0 Å². The molecule has 0 saturated heterocycles. The smallest absolute Gasteiger partial charge is 0.176 e. The van der Waals surface area contributed by atoms with Crippen LogP contribution in [0.5, 0.6) is 0 Å². The molecule has 6 heteroatoms. The molecule has 0 fully saturated rings. The molecule has 4 nitrogen and oxygen atoms in total. The van der Waals surface area contributed by atoms with Crippen LogP contribution in [0.15, 0.2) is 6.07 Å². The Balaban J connectivity index is 2.37. The molecule has 0 amide bonds. The van der Waals surface area contributed by atoms with E-state index in [0.29, 0.717) is 3.95 Å². The summed E-state index contributed by atoms with van der Waals surface area (Å²) in [5, 5.41) is 12.2. The van der Waals surface area contributed by atoms with Crippen molar-refractivity contribution >= 4 is 23.6 Å². The number of nitrogens with one attached hydrogen (secondary N) is 1. The van der Waals surface area contributed by atoms with Gasteiger partial charge in [-0.15, -0.1) is 0 Å². The minimum Gasteiger partial charge on any atom is -0.269 e. The van der Waals surface area contributed by atoms with Crippen LogP contribution in [0.1, 0.15) is 19.0 Å². The van der Waals surface area contributed by atoms with Crippen LogP contribution in [0.25, 0.3) is 10.7 Å². The molecule has 2 rings (SSSR count). The number of hydrogen-bond donors (Lipinski definition) is 1. The Labute approximate surface area is 97.0 Å². The van der Waals surface area contributed by atoms with Crippen LogP contribution >= 0.6 is 23.6 Å². The average Bonchev–Trinajstić information content (AvgIpc) is 2.75. The third-order valence-electron chi connectivity index (χ3n) is 2.07. The Morgan fingerprint density at radius 2 is 2.40 bits per heavy atom. The Bertz CT molecular complexity index is 508. The van der Waals surface area contributed by atoms with Crippen molar-refractivity contribution in [3.8, 4) is 10.7 Å². The van der Waals surface area contributed by atoms with Gasteiger partial charge in [0.05, 0.1) is 0 Å². The molecule has 2 aromatic rings. The average molecular weight is 240 g/mol. The van der Waals surface area contributed by atoms with Crippen molar-refractivity contribution in [3.05, 3.63) is 15.7 Å². The summed E-state index contributed by atoms with van der Waals surface area (Å²) in [5.41, 5.74) is 2.06. The number of H-pyrrole nitrogens is 1. The molecule has 0 aliphatic carbocycles. The predicted molar refractivity (Wildman–Crippen MR) is 63.5 cm³/mol. The number of aryl methyl sites for hydroxylation is 2. The van der Waals surface area contributed by atoms with Crippen LogP contribution in [-0.4, -0.2) is 20.0 Å². The van der Waals surface area contributed by atoms with Crippen LogP contribution in [-0.2, 0) is 6.54 Å². The number of hydrogen-bond acceptors (Lipinski definition) is 4. The first-order valence-electron chi connectivity index (χ1n) is 4.81. The first kappa shape index (κ1) is 10.5. The standard InChI is InChI=1S/C9H12N4S2/c1-3-4-13-6(2)5-7(12-13)8-10-11-9(14)15-8/h5H,3-4H2,1-2H3,(H,11,14). The van der Waals surface area contributed by atoms with Crippen LogP contribution in [0.3, 0.4) is 0 Å². The Morgan fingerprint density at radius 1 is 1.60 bits per heavy atom. The third kappa shape index (κ3) is 2.15. The van der Waals surface area contributed by atoms with E-state index in [1.165, 1.54) is 11.3 Å². The highest BCUT2D eigenvalue weighted by Gasteiger charge is 2.08. The van der Waals surface area contributed by atoms with Crippen molar-refractivity contribution in [3.63, 3.8) is 0 Å². The molecule has 15 heavy (non-hydrogen) atoms. The van der Waals surface area contributed by atoms with Crippen LogP contribution < -0.4 is 0 Å². The highest BCUT2D eigenvalue weighted by atomic mass is 32.1. The first-order valence-corrected chi connectivity index (χ1v) is 6.03. The van der Waals surface area contributed by atoms with Gasteiger partial charge >= 0.3 is 0 Å². The monoisotopic (exact) mass is 240 g/mol. The highest BCUT2D eigenvalue weighted by molar-refractivity contribution is 7.73. The maximum atomic E-state index is 4.99. The summed E-state index contributed by atoms with van der Waals surface area (Å²) in [6.45, 7) is 5.14. The Kier molecular flexibility index (Phi) is 2.97. The Morgan fingerprint density at radius 3 is 3.00 bits per heavy atom. The van der Waals surface area contributed by atoms with Crippen LogP contribution in [0.2, 0.25) is 0 Å². The molecular formula is C9H12N4S2. The SMILES string of the molecule is CCCn1nc(-c2n[nH]c(=S)s2)cc1C. The van der Waals surface area contributed by atoms with Gasteiger partial charge in [-0.2, -0.15) is 10.2 Å². The summed E-state index contributed by atoms with van der Waals surface area (Å²) >= 11 is 6.44. The molecule has 0 atom stereocenters. The van der Waals surface area contributed by atoms with Crippen molar-refractivity contribution < 1.29 is 0 Å². The second-order valence-electron chi connectivity index (χ2n) is 3.31. The van der Waals surface area contributed by atoms with Gasteiger partial charge in [0.15, 0.2) is 8.96 Å². The lowest BCUT2D eigenvalue weighted by Gasteiger charge is -1.99. The lowest BCUT2D eigenvalue weighted by atomic mass is 10.4. The minimum absolute atomic E-state index is 0.688. The molecule has 80 valence electrons. The van der Waals surface area contributed by atoms with E-state index in [9.17, 15) is 0 Å². The zero-order chi connectivity index (χ0) is 10.8. The van der Waals surface area contributed by atoms with Crippen molar-refractivity contribution in [1.82, 2.24) is 20.0 Å². The highest BCUT2D eigenvalue weighted by Crippen LogP contribution is 2.21. The topological polar surface area (TPSA) is 46.5 Å². The fourth-order valence-electron chi connectivity index (χ4n) is 1.39. The van der Waals surface area contributed by atoms with E-state index in [4.69, 9.17) is 12.2 Å². The van der Waals surface area contributed by atoms with Gasteiger partial charge in [-0.25, -0.2) is 0 Å². The normalized spacial score (nSPS) is 10.8. The van der Waals surface area contributed by atoms with E-state index >= 15 is 0 Å². The fraction of sp³-hybridized carbons (Fsp3) is 0.444. The summed E-state index contributed by atoms with van der Waals surface area (Å²) in [6, 6.07) is 2.04. The van der Waals surface area contributed by atoms with E-state index in [-0.39, 0.29) is 0 Å². The van der Waals surface area contributed by atoms with Gasteiger partial charge in [0, 0.05) is 12.2 Å². The molecule has 0 saturated carbocycles. The molecule has 0 aliphatic rings. The minimum atomic E-state index is 0.688. The van der Waals surface area contributed by atoms with Gasteiger partial charge < -0.3 is 0 Å². The van der Waals surface area contributed by atoms with Crippen LogP contribution in [0.4, 0.5) is 0 Å². The van der Waals surface area contributed by atoms with Gasteiger partial charge in [-0.3, -0.25) is 9.78 Å². The molecule has 2 heterocycles. The zero-order valence-electron chi connectivity index (χ0n) is 8.65. The summed E-state index contributed by atoms with van der Waals surface area (Å²) < 4.78 is 2.69. The van der Waals surface area contributed by atoms with Crippen molar-refractivity contribution in [2.24, 2.45) is 0 Å². The van der Waals surface area contributed by atoms with E-state index in [1.807, 2.05) is 10.7 Å². The molecule has 0 unspecified atom stereocenters. The summed E-state index contributed by atoms with van der Waals surface area (Å²) in [5.74, 6) is 0. The van der Waals surface area contributed by atoms with Crippen molar-refractivity contribution in [1.29, 1.82) is 0 Å².